The van der Waals surface area contributed by atoms with Gasteiger partial charge in [-0.1, -0.05) is 36.9 Å². The number of nitrogens with one attached hydrogen (secondary N) is 4. The van der Waals surface area contributed by atoms with Crippen molar-refractivity contribution in [3.63, 3.8) is 0 Å². The van der Waals surface area contributed by atoms with E-state index in [2.05, 4.69) is 45.0 Å². The van der Waals surface area contributed by atoms with Crippen LogP contribution in [0.25, 0.3) is 22.0 Å². The highest BCUT2D eigenvalue weighted by Crippen LogP contribution is 2.30. The fourth-order valence-electron chi connectivity index (χ4n) is 3.71. The van der Waals surface area contributed by atoms with Crippen molar-refractivity contribution < 1.29 is 4.79 Å². The van der Waals surface area contributed by atoms with Gasteiger partial charge >= 0.3 is 0 Å². The average Bonchev–Trinajstić information content (AvgIpc) is 2.82. The third-order valence-electron chi connectivity index (χ3n) is 5.53. The first-order valence-electron chi connectivity index (χ1n) is 10.8. The molecule has 0 atom stereocenters. The van der Waals surface area contributed by atoms with E-state index in [9.17, 15) is 4.79 Å². The summed E-state index contributed by atoms with van der Waals surface area (Å²) < 4.78 is 0. The molecule has 0 aliphatic carbocycles. The first kappa shape index (κ1) is 20.7. The summed E-state index contributed by atoms with van der Waals surface area (Å²) in [5, 5.41) is 13.8. The van der Waals surface area contributed by atoms with E-state index in [0.29, 0.717) is 17.7 Å². The number of hydrogen-bond donors (Lipinski definition) is 4. The monoisotopic (exact) mass is 436 g/mol. The van der Waals surface area contributed by atoms with E-state index < -0.39 is 0 Å². The number of aromatic nitrogens is 2. The Morgan fingerprint density at radius 3 is 2.55 bits per heavy atom. The van der Waals surface area contributed by atoms with Crippen LogP contribution < -0.4 is 21.3 Å². The van der Waals surface area contributed by atoms with Crippen molar-refractivity contribution in [3.8, 4) is 11.1 Å². The van der Waals surface area contributed by atoms with Crippen LogP contribution in [0.3, 0.4) is 0 Å². The van der Waals surface area contributed by atoms with Gasteiger partial charge in [0, 0.05) is 47.3 Å². The molecule has 0 radical (unpaired) electrons. The van der Waals surface area contributed by atoms with Gasteiger partial charge in [-0.15, -0.1) is 0 Å². The van der Waals surface area contributed by atoms with Crippen LogP contribution in [-0.2, 0) is 4.79 Å². The SMILES string of the molecule is C=CC(=O)Nc1cccc(-c2cccc3cnc(Nc4ccc(NC5CNC5)cc4)nc23)c1. The van der Waals surface area contributed by atoms with Gasteiger partial charge in [0.1, 0.15) is 0 Å². The van der Waals surface area contributed by atoms with Crippen LogP contribution in [0.4, 0.5) is 23.0 Å². The number of para-hydroxylation sites is 1. The molecule has 0 spiro atoms. The minimum atomic E-state index is -0.246. The minimum Gasteiger partial charge on any atom is -0.380 e. The number of rotatable bonds is 7. The average molecular weight is 437 g/mol. The van der Waals surface area contributed by atoms with E-state index in [1.165, 1.54) is 6.08 Å². The molecule has 7 nitrogen and oxygen atoms in total. The highest BCUT2D eigenvalue weighted by molar-refractivity contribution is 6.00. The van der Waals surface area contributed by atoms with E-state index in [-0.39, 0.29) is 5.91 Å². The zero-order valence-corrected chi connectivity index (χ0v) is 18.0. The predicted molar refractivity (Wildman–Crippen MR) is 134 cm³/mol. The number of amides is 1. The number of fused-ring (bicyclic) bond motifs is 1. The molecule has 164 valence electrons. The Hall–Kier alpha value is -4.23. The van der Waals surface area contributed by atoms with E-state index in [0.717, 1.165) is 46.5 Å². The highest BCUT2D eigenvalue weighted by Gasteiger charge is 2.15. The lowest BCUT2D eigenvalue weighted by molar-refractivity contribution is -0.111. The highest BCUT2D eigenvalue weighted by atomic mass is 16.1. The second-order valence-electron chi connectivity index (χ2n) is 7.91. The van der Waals surface area contributed by atoms with Crippen molar-refractivity contribution in [2.45, 2.75) is 6.04 Å². The van der Waals surface area contributed by atoms with Gasteiger partial charge in [-0.05, 0) is 48.0 Å². The Balaban J connectivity index is 1.41. The molecule has 0 bridgehead atoms. The Labute approximate surface area is 192 Å². The molecule has 4 N–H and O–H groups in total. The predicted octanol–water partition coefficient (Wildman–Crippen LogP) is 4.55. The molecule has 1 aliphatic heterocycles. The molecular formula is C26H24N6O. The summed E-state index contributed by atoms with van der Waals surface area (Å²) in [6.07, 6.45) is 3.07. The second-order valence-corrected chi connectivity index (χ2v) is 7.91. The van der Waals surface area contributed by atoms with Crippen molar-refractivity contribution in [2.24, 2.45) is 0 Å². The van der Waals surface area contributed by atoms with Gasteiger partial charge in [0.15, 0.2) is 0 Å². The molecule has 0 saturated carbocycles. The number of nitrogens with zero attached hydrogens (tertiary/aromatic N) is 2. The van der Waals surface area contributed by atoms with Gasteiger partial charge in [-0.3, -0.25) is 4.79 Å². The van der Waals surface area contributed by atoms with Crippen molar-refractivity contribution >= 4 is 39.8 Å². The molecular weight excluding hydrogens is 412 g/mol. The standard InChI is InChI=1S/C26H24N6O/c1-2-24(33)30-21-7-3-5-17(13-21)23-8-4-6-18-14-28-26(32-25(18)23)31-20-11-9-19(10-12-20)29-22-15-27-16-22/h2-14,22,27,29H,1,15-16H2,(H,30,33)(H,28,31,32). The van der Waals surface area contributed by atoms with E-state index >= 15 is 0 Å². The summed E-state index contributed by atoms with van der Waals surface area (Å²) >= 11 is 0. The Morgan fingerprint density at radius 2 is 1.79 bits per heavy atom. The zero-order chi connectivity index (χ0) is 22.6. The maximum atomic E-state index is 11.7. The largest absolute Gasteiger partial charge is 0.380 e. The lowest BCUT2D eigenvalue weighted by Crippen LogP contribution is -2.51. The molecule has 33 heavy (non-hydrogen) atoms. The Bertz CT molecular complexity index is 1310. The van der Waals surface area contributed by atoms with Crippen LogP contribution >= 0.6 is 0 Å². The molecule has 1 amide bonds. The first-order chi connectivity index (χ1) is 16.2. The smallest absolute Gasteiger partial charge is 0.247 e. The van der Waals surface area contributed by atoms with E-state index in [1.807, 2.05) is 60.8 Å². The second kappa shape index (κ2) is 9.10. The lowest BCUT2D eigenvalue weighted by atomic mass is 10.0. The van der Waals surface area contributed by atoms with Gasteiger partial charge in [-0.2, -0.15) is 0 Å². The third-order valence-corrected chi connectivity index (χ3v) is 5.53. The summed E-state index contributed by atoms with van der Waals surface area (Å²) in [5.74, 6) is 0.277. The van der Waals surface area contributed by atoms with Gasteiger partial charge < -0.3 is 21.3 Å². The molecule has 3 aromatic carbocycles. The molecule has 1 fully saturated rings. The van der Waals surface area contributed by atoms with Crippen molar-refractivity contribution in [1.29, 1.82) is 0 Å². The molecule has 2 heterocycles. The molecule has 1 saturated heterocycles. The van der Waals surface area contributed by atoms with Crippen molar-refractivity contribution in [2.75, 3.05) is 29.0 Å². The van der Waals surface area contributed by atoms with Crippen LogP contribution in [0, 0.1) is 0 Å². The number of carbonyl (C=O) groups excluding carboxylic acids is 1. The van der Waals surface area contributed by atoms with Crippen LogP contribution in [0.5, 0.6) is 0 Å². The van der Waals surface area contributed by atoms with Crippen molar-refractivity contribution in [1.82, 2.24) is 15.3 Å². The normalized spacial score (nSPS) is 13.2. The number of hydrogen-bond acceptors (Lipinski definition) is 6. The van der Waals surface area contributed by atoms with Crippen LogP contribution in [0.15, 0.2) is 85.6 Å². The van der Waals surface area contributed by atoms with Crippen LogP contribution in [0.1, 0.15) is 0 Å². The fraction of sp³-hybridized carbons (Fsp3) is 0.115. The topological polar surface area (TPSA) is 91.0 Å². The van der Waals surface area contributed by atoms with Crippen LogP contribution in [-0.4, -0.2) is 35.0 Å². The first-order valence-corrected chi connectivity index (χ1v) is 10.8. The Kier molecular flexibility index (Phi) is 5.70. The lowest BCUT2D eigenvalue weighted by Gasteiger charge is -2.29. The number of carbonyl (C=O) groups is 1. The zero-order valence-electron chi connectivity index (χ0n) is 18.0. The molecule has 1 aromatic heterocycles. The molecule has 0 unspecified atom stereocenters. The molecule has 7 heteroatoms. The van der Waals surface area contributed by atoms with Crippen molar-refractivity contribution in [3.05, 3.63) is 85.6 Å². The van der Waals surface area contributed by atoms with E-state index in [4.69, 9.17) is 4.98 Å². The van der Waals surface area contributed by atoms with E-state index in [1.54, 1.807) is 0 Å². The number of benzene rings is 3. The minimum absolute atomic E-state index is 0.246. The Morgan fingerprint density at radius 1 is 1.00 bits per heavy atom. The van der Waals surface area contributed by atoms with Crippen LogP contribution in [0.2, 0.25) is 0 Å². The fourth-order valence-corrected chi connectivity index (χ4v) is 3.71. The van der Waals surface area contributed by atoms with Gasteiger partial charge in [0.05, 0.1) is 11.6 Å². The maximum absolute atomic E-state index is 11.7. The molecule has 4 aromatic rings. The van der Waals surface area contributed by atoms with Gasteiger partial charge in [-0.25, -0.2) is 9.97 Å². The maximum Gasteiger partial charge on any atom is 0.247 e. The van der Waals surface area contributed by atoms with Gasteiger partial charge in [0.2, 0.25) is 11.9 Å². The summed E-state index contributed by atoms with van der Waals surface area (Å²) in [6, 6.07) is 22.3. The summed E-state index contributed by atoms with van der Waals surface area (Å²) in [4.78, 5) is 21.0. The molecule has 5 rings (SSSR count). The van der Waals surface area contributed by atoms with Gasteiger partial charge in [0.25, 0.3) is 0 Å². The molecule has 1 aliphatic rings. The quantitative estimate of drug-likeness (QED) is 0.318. The summed E-state index contributed by atoms with van der Waals surface area (Å²) in [6.45, 7) is 5.50. The summed E-state index contributed by atoms with van der Waals surface area (Å²) in [7, 11) is 0. The number of anilines is 4. The third kappa shape index (κ3) is 4.68. The summed E-state index contributed by atoms with van der Waals surface area (Å²) in [5.41, 5.74) is 5.45.